The number of carbonyl (C=O) groups excluding carboxylic acids is 1. The van der Waals surface area contributed by atoms with E-state index in [0.717, 1.165) is 22.3 Å². The standard InChI is InChI=1S/C17H20N4O2/c1-10-6-7-12-13(8-10)21(14-9-11(2)20-23-14)16(18-12)19-15(22)17(3,4)5/h6-9H,1-5H3,(H,18,19,22). The van der Waals surface area contributed by atoms with E-state index in [1.54, 1.807) is 4.57 Å². The zero-order valence-corrected chi connectivity index (χ0v) is 14.0. The fraction of sp³-hybridized carbons (Fsp3) is 0.353. The first-order chi connectivity index (χ1) is 10.8. The Bertz CT molecular complexity index is 884. The number of anilines is 1. The predicted molar refractivity (Wildman–Crippen MR) is 88.7 cm³/mol. The highest BCUT2D eigenvalue weighted by atomic mass is 16.5. The molecular formula is C17H20N4O2. The van der Waals surface area contributed by atoms with Gasteiger partial charge in [0.1, 0.15) is 0 Å². The summed E-state index contributed by atoms with van der Waals surface area (Å²) in [5.74, 6) is 0.850. The van der Waals surface area contributed by atoms with Gasteiger partial charge in [-0.25, -0.2) is 9.55 Å². The Labute approximate surface area is 134 Å². The van der Waals surface area contributed by atoms with E-state index in [0.29, 0.717) is 11.8 Å². The number of benzene rings is 1. The van der Waals surface area contributed by atoms with Crippen molar-refractivity contribution in [2.45, 2.75) is 34.6 Å². The molecule has 6 heteroatoms. The number of nitrogens with zero attached hydrogens (tertiary/aromatic N) is 3. The van der Waals surface area contributed by atoms with Gasteiger partial charge in [0, 0.05) is 11.5 Å². The van der Waals surface area contributed by atoms with Crippen LogP contribution in [0, 0.1) is 19.3 Å². The van der Waals surface area contributed by atoms with Crippen LogP contribution in [0.25, 0.3) is 16.9 Å². The largest absolute Gasteiger partial charge is 0.338 e. The van der Waals surface area contributed by atoms with Gasteiger partial charge in [0.05, 0.1) is 16.7 Å². The average molecular weight is 312 g/mol. The van der Waals surface area contributed by atoms with E-state index in [1.165, 1.54) is 0 Å². The van der Waals surface area contributed by atoms with Crippen LogP contribution in [0.4, 0.5) is 5.95 Å². The third-order valence-electron chi connectivity index (χ3n) is 3.55. The van der Waals surface area contributed by atoms with Crippen molar-refractivity contribution < 1.29 is 9.32 Å². The summed E-state index contributed by atoms with van der Waals surface area (Å²) in [4.78, 5) is 16.9. The van der Waals surface area contributed by atoms with Crippen molar-refractivity contribution in [1.82, 2.24) is 14.7 Å². The van der Waals surface area contributed by atoms with Gasteiger partial charge in [-0.3, -0.25) is 10.1 Å². The number of fused-ring (bicyclic) bond motifs is 1. The highest BCUT2D eigenvalue weighted by Gasteiger charge is 2.25. The van der Waals surface area contributed by atoms with Gasteiger partial charge in [-0.2, -0.15) is 0 Å². The summed E-state index contributed by atoms with van der Waals surface area (Å²) < 4.78 is 7.17. The summed E-state index contributed by atoms with van der Waals surface area (Å²) in [6, 6.07) is 7.74. The van der Waals surface area contributed by atoms with Gasteiger partial charge in [0.2, 0.25) is 17.7 Å². The smallest absolute Gasteiger partial charge is 0.238 e. The van der Waals surface area contributed by atoms with Gasteiger partial charge >= 0.3 is 0 Å². The third-order valence-corrected chi connectivity index (χ3v) is 3.55. The quantitative estimate of drug-likeness (QED) is 0.784. The summed E-state index contributed by atoms with van der Waals surface area (Å²) in [6.07, 6.45) is 0. The van der Waals surface area contributed by atoms with Crippen molar-refractivity contribution in [3.63, 3.8) is 0 Å². The molecule has 120 valence electrons. The third kappa shape index (κ3) is 2.84. The lowest BCUT2D eigenvalue weighted by Gasteiger charge is -2.17. The molecule has 0 saturated carbocycles. The molecule has 0 bridgehead atoms. The highest BCUT2D eigenvalue weighted by molar-refractivity contribution is 5.95. The van der Waals surface area contributed by atoms with E-state index in [2.05, 4.69) is 15.5 Å². The second-order valence-corrected chi connectivity index (χ2v) is 6.77. The van der Waals surface area contributed by atoms with Crippen LogP contribution in [0.5, 0.6) is 0 Å². The van der Waals surface area contributed by atoms with Crippen LogP contribution in [0.3, 0.4) is 0 Å². The second kappa shape index (κ2) is 5.22. The Morgan fingerprint density at radius 3 is 2.57 bits per heavy atom. The van der Waals surface area contributed by atoms with Crippen molar-refractivity contribution >= 4 is 22.9 Å². The van der Waals surface area contributed by atoms with Crippen molar-refractivity contribution in [2.75, 3.05) is 5.32 Å². The van der Waals surface area contributed by atoms with Gasteiger partial charge in [0.15, 0.2) is 0 Å². The normalized spacial score (nSPS) is 11.9. The fourth-order valence-electron chi connectivity index (χ4n) is 2.24. The molecule has 23 heavy (non-hydrogen) atoms. The molecule has 6 nitrogen and oxygen atoms in total. The average Bonchev–Trinajstić information content (AvgIpc) is 3.00. The lowest BCUT2D eigenvalue weighted by molar-refractivity contribution is -0.123. The van der Waals surface area contributed by atoms with E-state index in [1.807, 2.05) is 58.9 Å². The maximum atomic E-state index is 12.4. The van der Waals surface area contributed by atoms with E-state index >= 15 is 0 Å². The summed E-state index contributed by atoms with van der Waals surface area (Å²) in [6.45, 7) is 9.44. The highest BCUT2D eigenvalue weighted by Crippen LogP contribution is 2.27. The van der Waals surface area contributed by atoms with Gasteiger partial charge in [0.25, 0.3) is 0 Å². The number of imidazole rings is 1. The zero-order chi connectivity index (χ0) is 16.8. The molecular weight excluding hydrogens is 292 g/mol. The molecule has 0 unspecified atom stereocenters. The first kappa shape index (κ1) is 15.3. The first-order valence-electron chi connectivity index (χ1n) is 7.50. The molecule has 0 atom stereocenters. The number of amides is 1. The molecule has 2 heterocycles. The van der Waals surface area contributed by atoms with Crippen LogP contribution in [-0.2, 0) is 4.79 Å². The minimum Gasteiger partial charge on any atom is -0.338 e. The number of carbonyl (C=O) groups is 1. The Kier molecular flexibility index (Phi) is 3.47. The van der Waals surface area contributed by atoms with Crippen LogP contribution in [0.2, 0.25) is 0 Å². The molecule has 1 N–H and O–H groups in total. The summed E-state index contributed by atoms with van der Waals surface area (Å²) in [5, 5.41) is 6.83. The molecule has 0 aliphatic heterocycles. The summed E-state index contributed by atoms with van der Waals surface area (Å²) in [5.41, 5.74) is 3.00. The molecule has 0 saturated heterocycles. The van der Waals surface area contributed by atoms with Crippen molar-refractivity contribution in [3.8, 4) is 5.88 Å². The second-order valence-electron chi connectivity index (χ2n) is 6.77. The SMILES string of the molecule is Cc1ccc2nc(NC(=O)C(C)(C)C)n(-c3cc(C)no3)c2c1. The maximum Gasteiger partial charge on any atom is 0.238 e. The topological polar surface area (TPSA) is 73.0 Å². The van der Waals surface area contributed by atoms with Gasteiger partial charge in [-0.05, 0) is 31.5 Å². The fourth-order valence-corrected chi connectivity index (χ4v) is 2.24. The van der Waals surface area contributed by atoms with Crippen molar-refractivity contribution in [2.24, 2.45) is 5.41 Å². The van der Waals surface area contributed by atoms with E-state index in [4.69, 9.17) is 4.52 Å². The number of hydrogen-bond donors (Lipinski definition) is 1. The first-order valence-corrected chi connectivity index (χ1v) is 7.50. The van der Waals surface area contributed by atoms with E-state index in [9.17, 15) is 4.79 Å². The number of aryl methyl sites for hydroxylation is 2. The minimum absolute atomic E-state index is 0.109. The van der Waals surface area contributed by atoms with Crippen LogP contribution < -0.4 is 5.32 Å². The van der Waals surface area contributed by atoms with Gasteiger partial charge in [-0.1, -0.05) is 32.0 Å². The number of rotatable bonds is 2. The Hall–Kier alpha value is -2.63. The maximum absolute atomic E-state index is 12.4. The molecule has 0 radical (unpaired) electrons. The Morgan fingerprint density at radius 1 is 1.22 bits per heavy atom. The molecule has 3 rings (SSSR count). The molecule has 0 aliphatic carbocycles. The number of aromatic nitrogens is 3. The van der Waals surface area contributed by atoms with Crippen molar-refractivity contribution in [1.29, 1.82) is 0 Å². The van der Waals surface area contributed by atoms with Crippen LogP contribution in [0.15, 0.2) is 28.8 Å². The summed E-state index contributed by atoms with van der Waals surface area (Å²) in [7, 11) is 0. The molecule has 1 amide bonds. The summed E-state index contributed by atoms with van der Waals surface area (Å²) >= 11 is 0. The Balaban J connectivity index is 2.19. The zero-order valence-electron chi connectivity index (χ0n) is 14.0. The lowest BCUT2D eigenvalue weighted by Crippen LogP contribution is -2.28. The van der Waals surface area contributed by atoms with Crippen LogP contribution in [-0.4, -0.2) is 20.6 Å². The molecule has 0 aliphatic rings. The minimum atomic E-state index is -0.518. The Morgan fingerprint density at radius 2 is 1.96 bits per heavy atom. The molecule has 3 aromatic rings. The van der Waals surface area contributed by atoms with Gasteiger partial charge < -0.3 is 4.52 Å². The number of hydrogen-bond acceptors (Lipinski definition) is 4. The monoisotopic (exact) mass is 312 g/mol. The molecule has 0 spiro atoms. The molecule has 0 fully saturated rings. The van der Waals surface area contributed by atoms with Crippen molar-refractivity contribution in [3.05, 3.63) is 35.5 Å². The van der Waals surface area contributed by atoms with E-state index in [-0.39, 0.29) is 5.91 Å². The molecule has 2 aromatic heterocycles. The van der Waals surface area contributed by atoms with Gasteiger partial charge in [-0.15, -0.1) is 0 Å². The van der Waals surface area contributed by atoms with Crippen LogP contribution in [0.1, 0.15) is 32.0 Å². The van der Waals surface area contributed by atoms with Crippen LogP contribution >= 0.6 is 0 Å². The predicted octanol–water partition coefficient (Wildman–Crippen LogP) is 3.61. The van der Waals surface area contributed by atoms with E-state index < -0.39 is 5.41 Å². The lowest BCUT2D eigenvalue weighted by atomic mass is 9.96. The number of nitrogens with one attached hydrogen (secondary N) is 1. The molecule has 1 aromatic carbocycles.